The van der Waals surface area contributed by atoms with Crippen LogP contribution in [0.25, 0.3) is 28.0 Å². The number of furan rings is 1. The first kappa shape index (κ1) is 17.2. The van der Waals surface area contributed by atoms with Gasteiger partial charge in [-0.3, -0.25) is 4.98 Å². The van der Waals surface area contributed by atoms with E-state index in [-0.39, 0.29) is 0 Å². The Morgan fingerprint density at radius 3 is 2.85 bits per heavy atom. The predicted molar refractivity (Wildman–Crippen MR) is 104 cm³/mol. The van der Waals surface area contributed by atoms with Gasteiger partial charge in [-0.05, 0) is 42.8 Å². The maximum Gasteiger partial charge on any atom is 0.160 e. The Hall–Kier alpha value is -3.58. The zero-order valence-electron chi connectivity index (χ0n) is 14.7. The van der Waals surface area contributed by atoms with Crippen LogP contribution in [-0.4, -0.2) is 12.1 Å². The van der Waals surface area contributed by atoms with Gasteiger partial charge in [0.15, 0.2) is 5.58 Å². The van der Waals surface area contributed by atoms with Crippen molar-refractivity contribution >= 4 is 16.7 Å². The van der Waals surface area contributed by atoms with Gasteiger partial charge in [-0.2, -0.15) is 5.26 Å². The van der Waals surface area contributed by atoms with E-state index in [0.29, 0.717) is 16.9 Å². The predicted octanol–water partition coefficient (Wildman–Crippen LogP) is 5.54. The van der Waals surface area contributed by atoms with E-state index >= 15 is 0 Å². The fourth-order valence-corrected chi connectivity index (χ4v) is 2.79. The third-order valence-electron chi connectivity index (χ3n) is 4.01. The highest BCUT2D eigenvalue weighted by Gasteiger charge is 2.14. The second-order valence-corrected chi connectivity index (χ2v) is 5.68. The molecule has 0 atom stereocenters. The average Bonchev–Trinajstić information content (AvgIpc) is 3.11. The summed E-state index contributed by atoms with van der Waals surface area (Å²) < 4.78 is 11.5. The van der Waals surface area contributed by atoms with E-state index < -0.39 is 0 Å². The third kappa shape index (κ3) is 3.28. The van der Waals surface area contributed by atoms with Gasteiger partial charge in [-0.25, -0.2) is 0 Å². The SMILES string of the molecule is C=C/C=C(C#N)\C=C(/C)c1ccnc2cc(-c3ccccc3OC)oc12. The number of para-hydroxylation sites is 1. The summed E-state index contributed by atoms with van der Waals surface area (Å²) >= 11 is 0. The highest BCUT2D eigenvalue weighted by Crippen LogP contribution is 2.35. The summed E-state index contributed by atoms with van der Waals surface area (Å²) in [6, 6.07) is 13.6. The molecule has 1 aromatic carbocycles. The monoisotopic (exact) mass is 342 g/mol. The molecule has 0 fully saturated rings. The van der Waals surface area contributed by atoms with Crippen molar-refractivity contribution in [2.75, 3.05) is 7.11 Å². The number of pyridine rings is 1. The topological polar surface area (TPSA) is 59.0 Å². The Morgan fingerprint density at radius 2 is 2.12 bits per heavy atom. The Kier molecular flexibility index (Phi) is 5.00. The Labute approximate surface area is 152 Å². The van der Waals surface area contributed by atoms with Crippen LogP contribution in [0.1, 0.15) is 12.5 Å². The van der Waals surface area contributed by atoms with E-state index in [1.54, 1.807) is 25.5 Å². The van der Waals surface area contributed by atoms with Gasteiger partial charge in [-0.1, -0.05) is 24.8 Å². The summed E-state index contributed by atoms with van der Waals surface area (Å²) in [6.07, 6.45) is 6.81. The molecule has 26 heavy (non-hydrogen) atoms. The van der Waals surface area contributed by atoms with E-state index in [2.05, 4.69) is 17.6 Å². The molecule has 0 radical (unpaired) electrons. The van der Waals surface area contributed by atoms with Crippen molar-refractivity contribution < 1.29 is 9.15 Å². The largest absolute Gasteiger partial charge is 0.496 e. The number of benzene rings is 1. The molecule has 2 heterocycles. The van der Waals surface area contributed by atoms with Crippen molar-refractivity contribution in [3.8, 4) is 23.1 Å². The number of nitriles is 1. The molecule has 3 rings (SSSR count). The number of nitrogens with zero attached hydrogens (tertiary/aromatic N) is 2. The van der Waals surface area contributed by atoms with Crippen LogP contribution in [0.4, 0.5) is 0 Å². The number of aromatic nitrogens is 1. The second-order valence-electron chi connectivity index (χ2n) is 5.68. The number of methoxy groups -OCH3 is 1. The van der Waals surface area contributed by atoms with E-state index in [9.17, 15) is 5.26 Å². The number of hydrogen-bond acceptors (Lipinski definition) is 4. The van der Waals surface area contributed by atoms with E-state index in [4.69, 9.17) is 9.15 Å². The van der Waals surface area contributed by atoms with E-state index in [1.165, 1.54) is 0 Å². The quantitative estimate of drug-likeness (QED) is 0.451. The zero-order chi connectivity index (χ0) is 18.5. The van der Waals surface area contributed by atoms with Gasteiger partial charge < -0.3 is 9.15 Å². The number of fused-ring (bicyclic) bond motifs is 1. The van der Waals surface area contributed by atoms with Gasteiger partial charge in [0, 0.05) is 17.8 Å². The molecule has 0 aliphatic rings. The van der Waals surface area contributed by atoms with Gasteiger partial charge in [0.05, 0.1) is 24.3 Å². The molecular weight excluding hydrogens is 324 g/mol. The van der Waals surface area contributed by atoms with Gasteiger partial charge in [0.1, 0.15) is 17.0 Å². The van der Waals surface area contributed by atoms with Crippen molar-refractivity contribution in [1.29, 1.82) is 5.26 Å². The molecule has 0 bridgehead atoms. The summed E-state index contributed by atoms with van der Waals surface area (Å²) in [4.78, 5) is 4.40. The maximum atomic E-state index is 9.22. The van der Waals surface area contributed by atoms with Gasteiger partial charge >= 0.3 is 0 Å². The lowest BCUT2D eigenvalue weighted by Crippen LogP contribution is -1.85. The second kappa shape index (κ2) is 7.54. The Balaban J connectivity index is 2.14. The maximum absolute atomic E-state index is 9.22. The van der Waals surface area contributed by atoms with Gasteiger partial charge in [-0.15, -0.1) is 0 Å². The number of rotatable bonds is 5. The van der Waals surface area contributed by atoms with Crippen LogP contribution >= 0.6 is 0 Å². The number of allylic oxidation sites excluding steroid dienone is 5. The molecule has 0 aliphatic carbocycles. The van der Waals surface area contributed by atoms with E-state index in [0.717, 1.165) is 28.0 Å². The van der Waals surface area contributed by atoms with Crippen LogP contribution < -0.4 is 4.74 Å². The summed E-state index contributed by atoms with van der Waals surface area (Å²) in [6.45, 7) is 5.57. The minimum Gasteiger partial charge on any atom is -0.496 e. The highest BCUT2D eigenvalue weighted by molar-refractivity contribution is 5.90. The first-order valence-corrected chi connectivity index (χ1v) is 8.11. The minimum atomic E-state index is 0.527. The molecule has 4 nitrogen and oxygen atoms in total. The first-order chi connectivity index (χ1) is 12.7. The van der Waals surface area contributed by atoms with Crippen LogP contribution in [-0.2, 0) is 0 Å². The molecule has 0 amide bonds. The molecule has 0 spiro atoms. The van der Waals surface area contributed by atoms with Crippen LogP contribution in [0.2, 0.25) is 0 Å². The molecular formula is C22H18N2O2. The fourth-order valence-electron chi connectivity index (χ4n) is 2.79. The summed E-state index contributed by atoms with van der Waals surface area (Å²) in [5.41, 5.74) is 4.62. The molecule has 4 heteroatoms. The standard InChI is InChI=1S/C22H18N2O2/c1-4-7-16(14-23)12-15(2)17-10-11-24-19-13-21(26-22(17)19)18-8-5-6-9-20(18)25-3/h4-13H,1H2,2-3H3/b15-12+,16-7+. The summed E-state index contributed by atoms with van der Waals surface area (Å²) in [7, 11) is 1.63. The molecule has 0 unspecified atom stereocenters. The first-order valence-electron chi connectivity index (χ1n) is 8.11. The number of hydrogen-bond donors (Lipinski definition) is 0. The smallest absolute Gasteiger partial charge is 0.160 e. The normalized spacial score (nSPS) is 12.0. The summed E-state index contributed by atoms with van der Waals surface area (Å²) in [5.74, 6) is 1.42. The molecule has 0 N–H and O–H groups in total. The van der Waals surface area contributed by atoms with Crippen molar-refractivity contribution in [3.05, 3.63) is 78.5 Å². The van der Waals surface area contributed by atoms with Crippen LogP contribution in [0.15, 0.2) is 77.4 Å². The van der Waals surface area contributed by atoms with E-state index in [1.807, 2.05) is 49.4 Å². The fraction of sp³-hybridized carbons (Fsp3) is 0.0909. The zero-order valence-corrected chi connectivity index (χ0v) is 14.7. The molecule has 2 aromatic heterocycles. The van der Waals surface area contributed by atoms with Crippen molar-refractivity contribution in [2.24, 2.45) is 0 Å². The van der Waals surface area contributed by atoms with Gasteiger partial charge in [0.25, 0.3) is 0 Å². The van der Waals surface area contributed by atoms with Crippen molar-refractivity contribution in [3.63, 3.8) is 0 Å². The lowest BCUT2D eigenvalue weighted by molar-refractivity contribution is 0.415. The lowest BCUT2D eigenvalue weighted by atomic mass is 10.0. The Morgan fingerprint density at radius 1 is 1.31 bits per heavy atom. The van der Waals surface area contributed by atoms with Crippen molar-refractivity contribution in [1.82, 2.24) is 4.98 Å². The molecule has 128 valence electrons. The van der Waals surface area contributed by atoms with Crippen LogP contribution in [0.3, 0.4) is 0 Å². The highest BCUT2D eigenvalue weighted by atomic mass is 16.5. The van der Waals surface area contributed by atoms with Crippen molar-refractivity contribution in [2.45, 2.75) is 6.92 Å². The molecule has 0 aliphatic heterocycles. The average molecular weight is 342 g/mol. The Bertz CT molecular complexity index is 1070. The molecule has 3 aromatic rings. The molecule has 0 saturated carbocycles. The minimum absolute atomic E-state index is 0.527. The van der Waals surface area contributed by atoms with Gasteiger partial charge in [0.2, 0.25) is 0 Å². The molecule has 0 saturated heterocycles. The van der Waals surface area contributed by atoms with Crippen LogP contribution in [0, 0.1) is 11.3 Å². The summed E-state index contributed by atoms with van der Waals surface area (Å²) in [5, 5.41) is 9.22. The lowest BCUT2D eigenvalue weighted by Gasteiger charge is -2.05. The number of ether oxygens (including phenoxy) is 1. The third-order valence-corrected chi connectivity index (χ3v) is 4.01. The van der Waals surface area contributed by atoms with Crippen LogP contribution in [0.5, 0.6) is 5.75 Å².